The Hall–Kier alpha value is -3.15. The molecule has 1 aliphatic heterocycles. The second-order valence-corrected chi connectivity index (χ2v) is 6.91. The third-order valence-corrected chi connectivity index (χ3v) is 5.11. The van der Waals surface area contributed by atoms with Crippen molar-refractivity contribution in [2.45, 2.75) is 19.3 Å². The Kier molecular flexibility index (Phi) is 5.66. The number of pyridine rings is 1. The maximum Gasteiger partial charge on any atom is 0.193 e. The van der Waals surface area contributed by atoms with Crippen LogP contribution in [0.15, 0.2) is 65.8 Å². The van der Waals surface area contributed by atoms with Gasteiger partial charge in [-0.25, -0.2) is 0 Å². The zero-order valence-corrected chi connectivity index (χ0v) is 16.3. The number of aliphatic imine (C=N–C) groups is 1. The summed E-state index contributed by atoms with van der Waals surface area (Å²) in [6.07, 6.45) is 7.23. The molecule has 1 aliphatic rings. The van der Waals surface area contributed by atoms with E-state index in [2.05, 4.69) is 66.2 Å². The Morgan fingerprint density at radius 2 is 1.96 bits per heavy atom. The van der Waals surface area contributed by atoms with Crippen molar-refractivity contribution >= 4 is 17.2 Å². The lowest BCUT2D eigenvalue weighted by Crippen LogP contribution is -2.43. The number of benzene rings is 1. The van der Waals surface area contributed by atoms with E-state index in [1.165, 1.54) is 11.1 Å². The molecule has 0 bridgehead atoms. The summed E-state index contributed by atoms with van der Waals surface area (Å²) in [5, 5.41) is 12.0. The van der Waals surface area contributed by atoms with Gasteiger partial charge in [0.1, 0.15) is 5.82 Å². The van der Waals surface area contributed by atoms with Crippen LogP contribution in [0.25, 0.3) is 11.2 Å². The van der Waals surface area contributed by atoms with Gasteiger partial charge in [0.15, 0.2) is 11.6 Å². The average Bonchev–Trinajstić information content (AvgIpc) is 3.18. The molecule has 4 rings (SSSR count). The first-order valence-corrected chi connectivity index (χ1v) is 9.84. The van der Waals surface area contributed by atoms with Gasteiger partial charge in [0, 0.05) is 39.3 Å². The van der Waals surface area contributed by atoms with Crippen LogP contribution in [-0.4, -0.2) is 52.1 Å². The highest BCUT2D eigenvalue weighted by Crippen LogP contribution is 2.21. The van der Waals surface area contributed by atoms with E-state index in [1.807, 2.05) is 31.4 Å². The van der Waals surface area contributed by atoms with Crippen molar-refractivity contribution < 1.29 is 0 Å². The normalized spacial score (nSPS) is 15.0. The SMILES string of the molecule is CN=C(NCCCc1nnc2ccccn12)N1CC=C(c2ccccc2)CC1. The summed E-state index contributed by atoms with van der Waals surface area (Å²) in [5.41, 5.74) is 3.65. The van der Waals surface area contributed by atoms with Crippen molar-refractivity contribution in [3.63, 3.8) is 0 Å². The molecule has 0 amide bonds. The number of rotatable bonds is 5. The van der Waals surface area contributed by atoms with E-state index in [9.17, 15) is 0 Å². The molecule has 0 spiro atoms. The van der Waals surface area contributed by atoms with Gasteiger partial charge in [-0.05, 0) is 36.1 Å². The lowest BCUT2D eigenvalue weighted by atomic mass is 10.00. The zero-order chi connectivity index (χ0) is 19.2. The predicted molar refractivity (Wildman–Crippen MR) is 113 cm³/mol. The number of aryl methyl sites for hydroxylation is 1. The highest BCUT2D eigenvalue weighted by Gasteiger charge is 2.16. The van der Waals surface area contributed by atoms with Crippen molar-refractivity contribution in [3.8, 4) is 0 Å². The minimum absolute atomic E-state index is 0.861. The number of hydrogen-bond donors (Lipinski definition) is 1. The predicted octanol–water partition coefficient (Wildman–Crippen LogP) is 3.03. The van der Waals surface area contributed by atoms with E-state index in [-0.39, 0.29) is 0 Å². The fourth-order valence-electron chi connectivity index (χ4n) is 3.62. The van der Waals surface area contributed by atoms with Gasteiger partial charge < -0.3 is 10.2 Å². The Morgan fingerprint density at radius 3 is 2.75 bits per heavy atom. The first-order chi connectivity index (χ1) is 13.8. The molecule has 0 atom stereocenters. The molecular weight excluding hydrogens is 348 g/mol. The van der Waals surface area contributed by atoms with Gasteiger partial charge in [-0.15, -0.1) is 10.2 Å². The summed E-state index contributed by atoms with van der Waals surface area (Å²) in [5.74, 6) is 1.97. The summed E-state index contributed by atoms with van der Waals surface area (Å²) in [6.45, 7) is 2.73. The van der Waals surface area contributed by atoms with Crippen molar-refractivity contribution in [1.82, 2.24) is 24.8 Å². The third-order valence-electron chi connectivity index (χ3n) is 5.11. The second kappa shape index (κ2) is 8.69. The van der Waals surface area contributed by atoms with E-state index in [0.29, 0.717) is 0 Å². The molecule has 28 heavy (non-hydrogen) atoms. The highest BCUT2D eigenvalue weighted by molar-refractivity contribution is 5.81. The molecule has 0 aliphatic carbocycles. The molecule has 0 fully saturated rings. The summed E-state index contributed by atoms with van der Waals surface area (Å²) in [7, 11) is 1.85. The van der Waals surface area contributed by atoms with Gasteiger partial charge in [-0.1, -0.05) is 42.5 Å². The third kappa shape index (κ3) is 4.06. The molecule has 1 N–H and O–H groups in total. The van der Waals surface area contributed by atoms with Crippen molar-refractivity contribution in [2.75, 3.05) is 26.7 Å². The maximum absolute atomic E-state index is 4.46. The summed E-state index contributed by atoms with van der Waals surface area (Å²) >= 11 is 0. The van der Waals surface area contributed by atoms with Gasteiger partial charge in [-0.3, -0.25) is 9.39 Å². The first kappa shape index (κ1) is 18.2. The van der Waals surface area contributed by atoms with Crippen LogP contribution in [0.2, 0.25) is 0 Å². The van der Waals surface area contributed by atoms with E-state index in [0.717, 1.165) is 56.3 Å². The molecule has 6 nitrogen and oxygen atoms in total. The first-order valence-electron chi connectivity index (χ1n) is 9.84. The Balaban J connectivity index is 1.28. The summed E-state index contributed by atoms with van der Waals surface area (Å²) in [4.78, 5) is 6.77. The quantitative estimate of drug-likeness (QED) is 0.424. The molecule has 6 heteroatoms. The molecule has 0 saturated carbocycles. The lowest BCUT2D eigenvalue weighted by molar-refractivity contribution is 0.439. The van der Waals surface area contributed by atoms with E-state index in [1.54, 1.807) is 0 Å². The second-order valence-electron chi connectivity index (χ2n) is 6.91. The fraction of sp³-hybridized carbons (Fsp3) is 0.318. The smallest absolute Gasteiger partial charge is 0.193 e. The van der Waals surface area contributed by atoms with Crippen LogP contribution in [0.5, 0.6) is 0 Å². The van der Waals surface area contributed by atoms with Gasteiger partial charge in [0.05, 0.1) is 0 Å². The molecule has 3 aromatic rings. The van der Waals surface area contributed by atoms with Crippen LogP contribution in [0.1, 0.15) is 24.2 Å². The van der Waals surface area contributed by atoms with Gasteiger partial charge in [0.2, 0.25) is 0 Å². The van der Waals surface area contributed by atoms with Gasteiger partial charge in [0.25, 0.3) is 0 Å². The number of aromatic nitrogens is 3. The van der Waals surface area contributed by atoms with Crippen molar-refractivity contribution in [2.24, 2.45) is 4.99 Å². The summed E-state index contributed by atoms with van der Waals surface area (Å²) in [6, 6.07) is 16.6. The molecule has 3 heterocycles. The average molecular weight is 374 g/mol. The van der Waals surface area contributed by atoms with Crippen molar-refractivity contribution in [1.29, 1.82) is 0 Å². The van der Waals surface area contributed by atoms with Crippen molar-refractivity contribution in [3.05, 3.63) is 72.2 Å². The molecule has 0 radical (unpaired) electrons. The number of guanidine groups is 1. The van der Waals surface area contributed by atoms with E-state index < -0.39 is 0 Å². The maximum atomic E-state index is 4.46. The number of fused-ring (bicyclic) bond motifs is 1. The Bertz CT molecular complexity index is 973. The number of hydrogen-bond acceptors (Lipinski definition) is 3. The van der Waals surface area contributed by atoms with Crippen LogP contribution in [0, 0.1) is 0 Å². The molecule has 0 unspecified atom stereocenters. The molecule has 2 aromatic heterocycles. The van der Waals surface area contributed by atoms with Crippen LogP contribution in [0.3, 0.4) is 0 Å². The van der Waals surface area contributed by atoms with Crippen LogP contribution in [0.4, 0.5) is 0 Å². The van der Waals surface area contributed by atoms with E-state index in [4.69, 9.17) is 0 Å². The van der Waals surface area contributed by atoms with Gasteiger partial charge >= 0.3 is 0 Å². The largest absolute Gasteiger partial charge is 0.356 e. The van der Waals surface area contributed by atoms with E-state index >= 15 is 0 Å². The lowest BCUT2D eigenvalue weighted by Gasteiger charge is -2.29. The molecule has 0 saturated heterocycles. The standard InChI is InChI=1S/C22H26N6/c1-23-22(27-16-12-19(13-17-27)18-8-3-2-4-9-18)24-14-7-11-21-26-25-20-10-5-6-15-28(20)21/h2-6,8-10,12,15H,7,11,13-14,16-17H2,1H3,(H,23,24). The van der Waals surface area contributed by atoms with Crippen LogP contribution >= 0.6 is 0 Å². The number of nitrogens with one attached hydrogen (secondary N) is 1. The fourth-order valence-corrected chi connectivity index (χ4v) is 3.62. The van der Waals surface area contributed by atoms with Crippen LogP contribution in [-0.2, 0) is 6.42 Å². The molecule has 144 valence electrons. The number of nitrogens with zero attached hydrogens (tertiary/aromatic N) is 5. The zero-order valence-electron chi connectivity index (χ0n) is 16.3. The Morgan fingerprint density at radius 1 is 1.11 bits per heavy atom. The highest BCUT2D eigenvalue weighted by atomic mass is 15.3. The molecule has 1 aromatic carbocycles. The minimum Gasteiger partial charge on any atom is -0.356 e. The monoisotopic (exact) mass is 374 g/mol. The Labute approximate surface area is 165 Å². The van der Waals surface area contributed by atoms with Gasteiger partial charge in [-0.2, -0.15) is 0 Å². The molecular formula is C22H26N6. The minimum atomic E-state index is 0.861. The van der Waals surface area contributed by atoms with Crippen LogP contribution < -0.4 is 5.32 Å². The summed E-state index contributed by atoms with van der Waals surface area (Å²) < 4.78 is 2.05. The topological polar surface area (TPSA) is 57.8 Å².